The van der Waals surface area contributed by atoms with Crippen molar-refractivity contribution in [2.45, 2.75) is 6.92 Å². The van der Waals surface area contributed by atoms with Crippen molar-refractivity contribution in [3.05, 3.63) is 22.4 Å². The minimum Gasteiger partial charge on any atom is -0.392 e. The first-order chi connectivity index (χ1) is 6.65. The molecule has 1 heterocycles. The highest BCUT2D eigenvalue weighted by Gasteiger charge is 2.14. The summed E-state index contributed by atoms with van der Waals surface area (Å²) >= 11 is 6.20. The molecule has 0 bridgehead atoms. The normalized spacial score (nSPS) is 9.79. The second-order valence-corrected chi connectivity index (χ2v) is 4.24. The third-order valence-electron chi connectivity index (χ3n) is 1.75. The summed E-state index contributed by atoms with van der Waals surface area (Å²) in [5, 5.41) is 1.88. The number of carbonyl (C=O) groups is 1. The van der Waals surface area contributed by atoms with Gasteiger partial charge in [-0.2, -0.15) is 0 Å². The first-order valence-corrected chi connectivity index (χ1v) is 5.55. The van der Waals surface area contributed by atoms with Crippen LogP contribution in [0.1, 0.15) is 16.6 Å². The predicted molar refractivity (Wildman–Crippen MR) is 62.7 cm³/mol. The number of carbonyl (C=O) groups excluding carboxylic acids is 1. The Hall–Kier alpha value is -0.940. The zero-order valence-corrected chi connectivity index (χ0v) is 9.53. The van der Waals surface area contributed by atoms with Gasteiger partial charge < -0.3 is 10.6 Å². The molecular weight excluding hydrogens is 216 g/mol. The third-order valence-corrected chi connectivity index (χ3v) is 2.73. The highest BCUT2D eigenvalue weighted by atomic mass is 32.1. The van der Waals surface area contributed by atoms with Crippen LogP contribution in [0, 0.1) is 0 Å². The van der Waals surface area contributed by atoms with Crippen LogP contribution >= 0.6 is 23.6 Å². The molecule has 0 aliphatic heterocycles. The molecule has 0 aliphatic carbocycles. The molecule has 76 valence electrons. The topological polar surface area (TPSA) is 46.3 Å². The van der Waals surface area contributed by atoms with Crippen molar-refractivity contribution in [1.29, 1.82) is 0 Å². The quantitative estimate of drug-likeness (QED) is 0.794. The Morgan fingerprint density at radius 1 is 1.71 bits per heavy atom. The van der Waals surface area contributed by atoms with Crippen molar-refractivity contribution < 1.29 is 4.79 Å². The first-order valence-electron chi connectivity index (χ1n) is 4.26. The summed E-state index contributed by atoms with van der Waals surface area (Å²) in [6.45, 7) is 2.88. The Labute approximate surface area is 92.5 Å². The lowest BCUT2D eigenvalue weighted by molar-refractivity contribution is 0.0792. The van der Waals surface area contributed by atoms with Crippen molar-refractivity contribution >= 4 is 34.5 Å². The Morgan fingerprint density at radius 2 is 2.43 bits per heavy atom. The fourth-order valence-corrected chi connectivity index (χ4v) is 1.92. The lowest BCUT2D eigenvalue weighted by Crippen LogP contribution is -2.37. The molecule has 1 aromatic rings. The van der Waals surface area contributed by atoms with Gasteiger partial charge in [0.2, 0.25) is 0 Å². The van der Waals surface area contributed by atoms with Gasteiger partial charge >= 0.3 is 0 Å². The largest absolute Gasteiger partial charge is 0.392 e. The van der Waals surface area contributed by atoms with Crippen LogP contribution < -0.4 is 5.73 Å². The average molecular weight is 228 g/mol. The molecule has 0 aromatic carbocycles. The molecule has 3 nitrogen and oxygen atoms in total. The van der Waals surface area contributed by atoms with Gasteiger partial charge in [-0.15, -0.1) is 11.3 Å². The number of thiophene rings is 1. The molecule has 1 aromatic heterocycles. The molecule has 1 amide bonds. The van der Waals surface area contributed by atoms with Crippen LogP contribution in [-0.4, -0.2) is 28.9 Å². The van der Waals surface area contributed by atoms with E-state index in [1.165, 1.54) is 11.3 Å². The number of amides is 1. The van der Waals surface area contributed by atoms with Gasteiger partial charge in [0.1, 0.15) is 0 Å². The number of hydrogen-bond donors (Lipinski definition) is 1. The highest BCUT2D eigenvalue weighted by molar-refractivity contribution is 7.80. The Morgan fingerprint density at radius 3 is 2.86 bits per heavy atom. The number of nitrogens with zero attached hydrogens (tertiary/aromatic N) is 1. The zero-order valence-electron chi connectivity index (χ0n) is 7.90. The number of hydrogen-bond acceptors (Lipinski definition) is 3. The van der Waals surface area contributed by atoms with E-state index in [1.807, 2.05) is 18.4 Å². The molecular formula is C9H12N2OS2. The summed E-state index contributed by atoms with van der Waals surface area (Å²) in [7, 11) is 0. The molecule has 2 N–H and O–H groups in total. The number of nitrogens with two attached hydrogens (primary N) is 1. The van der Waals surface area contributed by atoms with Gasteiger partial charge in [-0.1, -0.05) is 18.3 Å². The summed E-state index contributed by atoms with van der Waals surface area (Å²) < 4.78 is 0. The van der Waals surface area contributed by atoms with Gasteiger partial charge in [0.25, 0.3) is 5.91 Å². The van der Waals surface area contributed by atoms with Crippen molar-refractivity contribution in [3.63, 3.8) is 0 Å². The molecule has 0 unspecified atom stereocenters. The van der Waals surface area contributed by atoms with E-state index < -0.39 is 0 Å². The van der Waals surface area contributed by atoms with E-state index in [1.54, 1.807) is 11.0 Å². The van der Waals surface area contributed by atoms with E-state index in [-0.39, 0.29) is 5.91 Å². The minimum absolute atomic E-state index is 0.00435. The lowest BCUT2D eigenvalue weighted by atomic mass is 10.4. The van der Waals surface area contributed by atoms with Crippen molar-refractivity contribution in [3.8, 4) is 0 Å². The number of rotatable bonds is 4. The van der Waals surface area contributed by atoms with Crippen molar-refractivity contribution in [2.24, 2.45) is 5.73 Å². The molecule has 0 atom stereocenters. The monoisotopic (exact) mass is 228 g/mol. The Balaban J connectivity index is 2.70. The summed E-state index contributed by atoms with van der Waals surface area (Å²) in [6, 6.07) is 3.65. The Kier molecular flexibility index (Phi) is 4.03. The van der Waals surface area contributed by atoms with Crippen LogP contribution in [0.2, 0.25) is 0 Å². The maximum absolute atomic E-state index is 11.8. The average Bonchev–Trinajstić information content (AvgIpc) is 2.65. The van der Waals surface area contributed by atoms with Gasteiger partial charge in [-0.05, 0) is 18.4 Å². The van der Waals surface area contributed by atoms with Crippen LogP contribution in [0.5, 0.6) is 0 Å². The summed E-state index contributed by atoms with van der Waals surface area (Å²) in [4.78, 5) is 14.5. The van der Waals surface area contributed by atoms with Crippen LogP contribution in [0.25, 0.3) is 0 Å². The number of thiocarbonyl (C=S) groups is 1. The van der Waals surface area contributed by atoms with E-state index in [0.717, 1.165) is 4.88 Å². The predicted octanol–water partition coefficient (Wildman–Crippen LogP) is 1.50. The molecule has 0 saturated carbocycles. The van der Waals surface area contributed by atoms with Gasteiger partial charge in [0, 0.05) is 6.54 Å². The van der Waals surface area contributed by atoms with E-state index in [9.17, 15) is 4.79 Å². The smallest absolute Gasteiger partial charge is 0.264 e. The molecule has 5 heteroatoms. The molecule has 0 saturated heterocycles. The van der Waals surface area contributed by atoms with Crippen LogP contribution in [0.4, 0.5) is 0 Å². The fraction of sp³-hybridized carbons (Fsp3) is 0.333. The molecule has 1 rings (SSSR count). The van der Waals surface area contributed by atoms with Crippen LogP contribution in [-0.2, 0) is 0 Å². The molecule has 0 aliphatic rings. The zero-order chi connectivity index (χ0) is 10.6. The molecule has 14 heavy (non-hydrogen) atoms. The fourth-order valence-electron chi connectivity index (χ4n) is 1.07. The lowest BCUT2D eigenvalue weighted by Gasteiger charge is -2.18. The minimum atomic E-state index is -0.00435. The van der Waals surface area contributed by atoms with E-state index in [0.29, 0.717) is 18.1 Å². The van der Waals surface area contributed by atoms with Crippen molar-refractivity contribution in [1.82, 2.24) is 4.90 Å². The first kappa shape index (κ1) is 11.1. The second kappa shape index (κ2) is 5.07. The maximum Gasteiger partial charge on any atom is 0.264 e. The third kappa shape index (κ3) is 2.78. The highest BCUT2D eigenvalue weighted by Crippen LogP contribution is 2.11. The van der Waals surface area contributed by atoms with Crippen LogP contribution in [0.15, 0.2) is 17.5 Å². The molecule has 0 radical (unpaired) electrons. The second-order valence-electron chi connectivity index (χ2n) is 2.76. The van der Waals surface area contributed by atoms with Gasteiger partial charge in [-0.3, -0.25) is 4.79 Å². The van der Waals surface area contributed by atoms with Gasteiger partial charge in [0.05, 0.1) is 16.4 Å². The van der Waals surface area contributed by atoms with Gasteiger partial charge in [-0.25, -0.2) is 0 Å². The molecule has 0 fully saturated rings. The van der Waals surface area contributed by atoms with E-state index in [4.69, 9.17) is 18.0 Å². The van der Waals surface area contributed by atoms with Crippen LogP contribution in [0.3, 0.4) is 0 Å². The number of likely N-dealkylation sites (N-methyl/N-ethyl adjacent to an activating group) is 1. The SMILES string of the molecule is CCN(CC(N)=S)C(=O)c1cccs1. The van der Waals surface area contributed by atoms with E-state index in [2.05, 4.69) is 0 Å². The summed E-state index contributed by atoms with van der Waals surface area (Å²) in [5.74, 6) is -0.00435. The van der Waals surface area contributed by atoms with Gasteiger partial charge in [0.15, 0.2) is 0 Å². The maximum atomic E-state index is 11.8. The molecule has 0 spiro atoms. The standard InChI is InChI=1S/C9H12N2OS2/c1-2-11(6-8(10)13)9(12)7-4-3-5-14-7/h3-5H,2,6H2,1H3,(H2,10,13). The Bertz CT molecular complexity index is 322. The van der Waals surface area contributed by atoms with E-state index >= 15 is 0 Å². The summed E-state index contributed by atoms with van der Waals surface area (Å²) in [5.41, 5.74) is 5.40. The van der Waals surface area contributed by atoms with Crippen molar-refractivity contribution in [2.75, 3.05) is 13.1 Å². The summed E-state index contributed by atoms with van der Waals surface area (Å²) in [6.07, 6.45) is 0.